The summed E-state index contributed by atoms with van der Waals surface area (Å²) in [5.41, 5.74) is 7.06. The molecule has 0 aliphatic heterocycles. The number of esters is 1. The summed E-state index contributed by atoms with van der Waals surface area (Å²) >= 11 is 0. The number of carbonyl (C=O) groups excluding carboxylic acids is 1. The van der Waals surface area contributed by atoms with Gasteiger partial charge in [0.2, 0.25) is 5.88 Å². The number of ether oxygens (including phenoxy) is 3. The van der Waals surface area contributed by atoms with E-state index in [1.807, 2.05) is 0 Å². The van der Waals surface area contributed by atoms with Crippen LogP contribution in [0.25, 0.3) is 0 Å². The monoisotopic (exact) mass is 288 g/mol. The molecule has 21 heavy (non-hydrogen) atoms. The highest BCUT2D eigenvalue weighted by molar-refractivity contribution is 5.91. The van der Waals surface area contributed by atoms with Crippen LogP contribution in [0.4, 0.5) is 5.69 Å². The van der Waals surface area contributed by atoms with Crippen LogP contribution in [0, 0.1) is 0 Å². The maximum atomic E-state index is 12.0. The van der Waals surface area contributed by atoms with Crippen molar-refractivity contribution in [1.29, 1.82) is 0 Å². The van der Waals surface area contributed by atoms with Gasteiger partial charge in [0.15, 0.2) is 0 Å². The minimum absolute atomic E-state index is 0.0488. The van der Waals surface area contributed by atoms with Gasteiger partial charge in [-0.3, -0.25) is 0 Å². The Balaban J connectivity index is 2.06. The van der Waals surface area contributed by atoms with Crippen molar-refractivity contribution in [3.8, 4) is 11.6 Å². The average Bonchev–Trinajstić information content (AvgIpc) is 2.52. The van der Waals surface area contributed by atoms with Crippen molar-refractivity contribution in [3.63, 3.8) is 0 Å². The Kier molecular flexibility index (Phi) is 4.61. The minimum Gasteiger partial charge on any atom is -0.497 e. The van der Waals surface area contributed by atoms with Crippen molar-refractivity contribution < 1.29 is 19.0 Å². The summed E-state index contributed by atoms with van der Waals surface area (Å²) in [7, 11) is 3.03. The number of aromatic nitrogens is 1. The summed E-state index contributed by atoms with van der Waals surface area (Å²) in [6, 6.07) is 9.96. The SMILES string of the molecule is COc1cc(N)cc(C(=O)OCc2cccc(OC)n2)c1. The van der Waals surface area contributed by atoms with E-state index in [1.54, 1.807) is 30.3 Å². The normalized spacial score (nSPS) is 10.0. The second kappa shape index (κ2) is 6.60. The summed E-state index contributed by atoms with van der Waals surface area (Å²) in [5.74, 6) is 0.473. The fourth-order valence-corrected chi connectivity index (χ4v) is 1.73. The predicted molar refractivity (Wildman–Crippen MR) is 77.3 cm³/mol. The first-order valence-corrected chi connectivity index (χ1v) is 6.24. The molecule has 0 aliphatic rings. The van der Waals surface area contributed by atoms with Crippen LogP contribution in [0.3, 0.4) is 0 Å². The van der Waals surface area contributed by atoms with Gasteiger partial charge in [-0.25, -0.2) is 9.78 Å². The number of rotatable bonds is 5. The maximum absolute atomic E-state index is 12.0. The van der Waals surface area contributed by atoms with Crippen LogP contribution in [0.1, 0.15) is 16.1 Å². The lowest BCUT2D eigenvalue weighted by molar-refractivity contribution is 0.0466. The van der Waals surface area contributed by atoms with Crippen LogP contribution >= 0.6 is 0 Å². The predicted octanol–water partition coefficient (Wildman–Crippen LogP) is 2.04. The van der Waals surface area contributed by atoms with Gasteiger partial charge in [-0.15, -0.1) is 0 Å². The number of hydrogen-bond acceptors (Lipinski definition) is 6. The number of nitrogens with two attached hydrogens (primary N) is 1. The molecule has 0 aliphatic carbocycles. The summed E-state index contributed by atoms with van der Waals surface area (Å²) in [6.07, 6.45) is 0. The molecular formula is C15H16N2O4. The molecule has 0 radical (unpaired) electrons. The Morgan fingerprint density at radius 2 is 2.00 bits per heavy atom. The van der Waals surface area contributed by atoms with Gasteiger partial charge in [-0.1, -0.05) is 6.07 Å². The highest BCUT2D eigenvalue weighted by Crippen LogP contribution is 2.19. The standard InChI is InChI=1S/C15H16N2O4/c1-19-13-7-10(6-11(16)8-13)15(18)21-9-12-4-3-5-14(17-12)20-2/h3-8H,9,16H2,1-2H3. The molecule has 2 rings (SSSR count). The van der Waals surface area contributed by atoms with Crippen molar-refractivity contribution in [1.82, 2.24) is 4.98 Å². The van der Waals surface area contributed by atoms with Crippen molar-refractivity contribution in [3.05, 3.63) is 47.7 Å². The Hall–Kier alpha value is -2.76. The molecule has 0 atom stereocenters. The molecule has 1 heterocycles. The van der Waals surface area contributed by atoms with Gasteiger partial charge < -0.3 is 19.9 Å². The first-order chi connectivity index (χ1) is 10.1. The van der Waals surface area contributed by atoms with E-state index in [2.05, 4.69) is 4.98 Å². The largest absolute Gasteiger partial charge is 0.497 e. The van der Waals surface area contributed by atoms with Crippen LogP contribution in [-0.2, 0) is 11.3 Å². The van der Waals surface area contributed by atoms with Gasteiger partial charge >= 0.3 is 5.97 Å². The smallest absolute Gasteiger partial charge is 0.338 e. The maximum Gasteiger partial charge on any atom is 0.338 e. The number of benzene rings is 1. The molecule has 0 saturated heterocycles. The molecule has 0 amide bonds. The first-order valence-electron chi connectivity index (χ1n) is 6.24. The molecule has 0 fully saturated rings. The van der Waals surface area contributed by atoms with E-state index in [1.165, 1.54) is 20.3 Å². The molecule has 2 aromatic rings. The lowest BCUT2D eigenvalue weighted by atomic mass is 10.2. The Morgan fingerprint density at radius 3 is 2.71 bits per heavy atom. The molecule has 0 bridgehead atoms. The van der Waals surface area contributed by atoms with E-state index in [0.717, 1.165) is 0 Å². The van der Waals surface area contributed by atoms with Crippen molar-refractivity contribution in [2.24, 2.45) is 0 Å². The molecule has 6 heteroatoms. The number of nitrogen functional groups attached to an aromatic ring is 1. The number of anilines is 1. The molecule has 2 N–H and O–H groups in total. The lowest BCUT2D eigenvalue weighted by Crippen LogP contribution is -2.07. The Bertz CT molecular complexity index is 643. The third kappa shape index (κ3) is 3.85. The van der Waals surface area contributed by atoms with Gasteiger partial charge in [0.25, 0.3) is 0 Å². The summed E-state index contributed by atoms with van der Waals surface area (Å²) in [5, 5.41) is 0. The molecule has 6 nitrogen and oxygen atoms in total. The fourth-order valence-electron chi connectivity index (χ4n) is 1.73. The molecular weight excluding hydrogens is 272 g/mol. The summed E-state index contributed by atoms with van der Waals surface area (Å²) < 4.78 is 15.3. The van der Waals surface area contributed by atoms with Gasteiger partial charge in [-0.2, -0.15) is 0 Å². The van der Waals surface area contributed by atoms with Gasteiger partial charge in [0.05, 0.1) is 25.5 Å². The topological polar surface area (TPSA) is 83.7 Å². The zero-order valence-corrected chi connectivity index (χ0v) is 11.8. The second-order valence-corrected chi connectivity index (χ2v) is 4.24. The van der Waals surface area contributed by atoms with Crippen molar-refractivity contribution in [2.75, 3.05) is 20.0 Å². The summed E-state index contributed by atoms with van der Waals surface area (Å²) in [4.78, 5) is 16.2. The van der Waals surface area contributed by atoms with E-state index in [-0.39, 0.29) is 6.61 Å². The lowest BCUT2D eigenvalue weighted by Gasteiger charge is -2.08. The van der Waals surface area contributed by atoms with Crippen LogP contribution in [0.5, 0.6) is 11.6 Å². The minimum atomic E-state index is -0.495. The van der Waals surface area contributed by atoms with Crippen LogP contribution in [0.15, 0.2) is 36.4 Å². The summed E-state index contributed by atoms with van der Waals surface area (Å²) in [6.45, 7) is 0.0488. The van der Waals surface area contributed by atoms with Crippen LogP contribution < -0.4 is 15.2 Å². The first kappa shape index (κ1) is 14.6. The van der Waals surface area contributed by atoms with E-state index in [9.17, 15) is 4.79 Å². The Morgan fingerprint density at radius 1 is 1.19 bits per heavy atom. The number of hydrogen-bond donors (Lipinski definition) is 1. The van der Waals surface area contributed by atoms with Crippen molar-refractivity contribution >= 4 is 11.7 Å². The van der Waals surface area contributed by atoms with Crippen LogP contribution in [-0.4, -0.2) is 25.2 Å². The number of carbonyl (C=O) groups is 1. The van der Waals surface area contributed by atoms with E-state index >= 15 is 0 Å². The number of methoxy groups -OCH3 is 2. The highest BCUT2D eigenvalue weighted by Gasteiger charge is 2.11. The van der Waals surface area contributed by atoms with Gasteiger partial charge in [0.1, 0.15) is 12.4 Å². The zero-order chi connectivity index (χ0) is 15.2. The quantitative estimate of drug-likeness (QED) is 0.669. The average molecular weight is 288 g/mol. The molecule has 1 aromatic carbocycles. The molecule has 110 valence electrons. The van der Waals surface area contributed by atoms with Gasteiger partial charge in [0, 0.05) is 17.8 Å². The number of nitrogens with zero attached hydrogens (tertiary/aromatic N) is 1. The molecule has 0 spiro atoms. The van der Waals surface area contributed by atoms with Crippen LogP contribution in [0.2, 0.25) is 0 Å². The molecule has 0 unspecified atom stereocenters. The molecule has 0 saturated carbocycles. The fraction of sp³-hybridized carbons (Fsp3) is 0.200. The highest BCUT2D eigenvalue weighted by atomic mass is 16.5. The second-order valence-electron chi connectivity index (χ2n) is 4.24. The van der Waals surface area contributed by atoms with Gasteiger partial charge in [-0.05, 0) is 18.2 Å². The zero-order valence-electron chi connectivity index (χ0n) is 11.8. The third-order valence-electron chi connectivity index (χ3n) is 2.74. The third-order valence-corrected chi connectivity index (χ3v) is 2.74. The van der Waals surface area contributed by atoms with E-state index in [4.69, 9.17) is 19.9 Å². The molecule has 1 aromatic heterocycles. The van der Waals surface area contributed by atoms with E-state index in [0.29, 0.717) is 28.6 Å². The van der Waals surface area contributed by atoms with Crippen molar-refractivity contribution in [2.45, 2.75) is 6.61 Å². The number of pyridine rings is 1. The Labute approximate surface area is 122 Å². The van der Waals surface area contributed by atoms with E-state index < -0.39 is 5.97 Å².